The second-order valence-corrected chi connectivity index (χ2v) is 12.8. The maximum atomic E-state index is 7.77. The van der Waals surface area contributed by atoms with E-state index in [-0.39, 0.29) is 5.41 Å². The molecule has 0 saturated heterocycles. The van der Waals surface area contributed by atoms with Crippen LogP contribution in [0.4, 0.5) is 5.69 Å². The first-order chi connectivity index (χ1) is 23.5. The maximum Gasteiger partial charge on any atom is 0.188 e. The summed E-state index contributed by atoms with van der Waals surface area (Å²) in [7, 11) is 0. The zero-order chi connectivity index (χ0) is 32.4. The molecule has 5 heteroatoms. The summed E-state index contributed by atoms with van der Waals surface area (Å²) >= 11 is 0. The van der Waals surface area contributed by atoms with Crippen molar-refractivity contribution in [1.82, 2.24) is 19.5 Å². The van der Waals surface area contributed by atoms with Gasteiger partial charge in [0.1, 0.15) is 0 Å². The van der Waals surface area contributed by atoms with Crippen molar-refractivity contribution < 1.29 is 0 Å². The van der Waals surface area contributed by atoms with Gasteiger partial charge in [-0.2, -0.15) is 0 Å². The SMILES string of the molecule is [C-]#[N+]c1ccc2c(c1)c1cc(-c3nc(-c4ccccc4)nc(-c4ccccc4)n3)ccc1n2-c1ccc2c(c1)C(C)(C)c1ccccc1-2. The molecule has 0 fully saturated rings. The summed E-state index contributed by atoms with van der Waals surface area (Å²) in [6, 6.07) is 48.0. The fraction of sp³-hybridized carbons (Fsp3) is 0.0698. The number of hydrogen-bond acceptors (Lipinski definition) is 3. The summed E-state index contributed by atoms with van der Waals surface area (Å²) in [6.07, 6.45) is 0. The van der Waals surface area contributed by atoms with E-state index >= 15 is 0 Å². The molecule has 2 aromatic heterocycles. The van der Waals surface area contributed by atoms with Crippen LogP contribution in [-0.2, 0) is 5.41 Å². The first-order valence-corrected chi connectivity index (χ1v) is 16.1. The Hall–Kier alpha value is -6.38. The van der Waals surface area contributed by atoms with Gasteiger partial charge < -0.3 is 4.57 Å². The summed E-state index contributed by atoms with van der Waals surface area (Å²) in [5, 5.41) is 2.06. The molecule has 8 aromatic rings. The Labute approximate surface area is 278 Å². The van der Waals surface area contributed by atoms with Gasteiger partial charge >= 0.3 is 0 Å². The Morgan fingerprint density at radius 2 is 1.08 bits per heavy atom. The van der Waals surface area contributed by atoms with Crippen LogP contribution in [0.25, 0.3) is 77.6 Å². The topological polar surface area (TPSA) is 48.0 Å². The van der Waals surface area contributed by atoms with Gasteiger partial charge in [0.2, 0.25) is 0 Å². The van der Waals surface area contributed by atoms with Gasteiger partial charge in [-0.15, -0.1) is 0 Å². The number of benzene rings is 6. The van der Waals surface area contributed by atoms with E-state index < -0.39 is 0 Å². The highest BCUT2D eigenvalue weighted by atomic mass is 15.0. The molecule has 2 heterocycles. The van der Waals surface area contributed by atoms with Crippen LogP contribution in [0.15, 0.2) is 140 Å². The van der Waals surface area contributed by atoms with E-state index in [0.717, 1.165) is 44.2 Å². The molecule has 0 spiro atoms. The maximum absolute atomic E-state index is 7.77. The lowest BCUT2D eigenvalue weighted by Gasteiger charge is -2.22. The van der Waals surface area contributed by atoms with Crippen molar-refractivity contribution >= 4 is 27.5 Å². The molecule has 0 radical (unpaired) electrons. The predicted molar refractivity (Wildman–Crippen MR) is 194 cm³/mol. The zero-order valence-electron chi connectivity index (χ0n) is 26.5. The second kappa shape index (κ2) is 10.6. The molecule has 1 aliphatic rings. The molecule has 6 aromatic carbocycles. The monoisotopic (exact) mass is 615 g/mol. The van der Waals surface area contributed by atoms with Gasteiger partial charge in [-0.05, 0) is 70.1 Å². The lowest BCUT2D eigenvalue weighted by Crippen LogP contribution is -2.15. The molecule has 0 N–H and O–H groups in total. The highest BCUT2D eigenvalue weighted by Crippen LogP contribution is 2.49. The van der Waals surface area contributed by atoms with E-state index in [1.54, 1.807) is 0 Å². The van der Waals surface area contributed by atoms with E-state index in [1.807, 2.05) is 72.8 Å². The van der Waals surface area contributed by atoms with Crippen molar-refractivity contribution in [2.75, 3.05) is 0 Å². The van der Waals surface area contributed by atoms with Crippen molar-refractivity contribution in [3.05, 3.63) is 162 Å². The van der Waals surface area contributed by atoms with Gasteiger partial charge in [-0.25, -0.2) is 19.8 Å². The number of rotatable bonds is 4. The molecular formula is C43H29N5. The number of fused-ring (bicyclic) bond motifs is 6. The molecule has 0 atom stereocenters. The number of hydrogen-bond donors (Lipinski definition) is 0. The fourth-order valence-electron chi connectivity index (χ4n) is 7.27. The summed E-state index contributed by atoms with van der Waals surface area (Å²) in [6.45, 7) is 12.4. The van der Waals surface area contributed by atoms with Crippen molar-refractivity contribution in [3.63, 3.8) is 0 Å². The Kier molecular flexibility index (Phi) is 6.15. The van der Waals surface area contributed by atoms with Crippen LogP contribution >= 0.6 is 0 Å². The van der Waals surface area contributed by atoms with Crippen molar-refractivity contribution in [2.24, 2.45) is 0 Å². The van der Waals surface area contributed by atoms with E-state index in [9.17, 15) is 0 Å². The molecule has 0 aliphatic heterocycles. The second-order valence-electron chi connectivity index (χ2n) is 12.8. The first kappa shape index (κ1) is 27.9. The van der Waals surface area contributed by atoms with Gasteiger partial charge in [0.05, 0.1) is 17.6 Å². The third kappa shape index (κ3) is 4.27. The summed E-state index contributed by atoms with van der Waals surface area (Å²) in [5.41, 5.74) is 11.7. The minimum Gasteiger partial charge on any atom is -0.309 e. The van der Waals surface area contributed by atoms with Crippen LogP contribution in [-0.4, -0.2) is 19.5 Å². The molecule has 5 nitrogen and oxygen atoms in total. The minimum absolute atomic E-state index is 0.114. The Balaban J connectivity index is 1.26. The van der Waals surface area contributed by atoms with Gasteiger partial charge in [0, 0.05) is 33.2 Å². The van der Waals surface area contributed by atoms with Gasteiger partial charge in [-0.3, -0.25) is 0 Å². The van der Waals surface area contributed by atoms with Crippen molar-refractivity contribution in [3.8, 4) is 51.0 Å². The van der Waals surface area contributed by atoms with E-state index in [0.29, 0.717) is 23.2 Å². The molecule has 0 bridgehead atoms. The zero-order valence-corrected chi connectivity index (χ0v) is 26.5. The fourth-order valence-corrected chi connectivity index (χ4v) is 7.27. The van der Waals surface area contributed by atoms with Crippen molar-refractivity contribution in [1.29, 1.82) is 0 Å². The average molecular weight is 616 g/mol. The Morgan fingerprint density at radius 3 is 1.75 bits per heavy atom. The largest absolute Gasteiger partial charge is 0.309 e. The van der Waals surface area contributed by atoms with Gasteiger partial charge in [-0.1, -0.05) is 111 Å². The smallest absolute Gasteiger partial charge is 0.188 e. The van der Waals surface area contributed by atoms with Crippen LogP contribution in [0.1, 0.15) is 25.0 Å². The Bertz CT molecular complexity index is 2530. The van der Waals surface area contributed by atoms with Crippen molar-refractivity contribution in [2.45, 2.75) is 19.3 Å². The first-order valence-electron chi connectivity index (χ1n) is 16.1. The molecule has 48 heavy (non-hydrogen) atoms. The quantitative estimate of drug-likeness (QED) is 0.185. The molecule has 0 saturated carbocycles. The van der Waals surface area contributed by atoms with E-state index in [2.05, 4.69) is 90.0 Å². The minimum atomic E-state index is -0.114. The van der Waals surface area contributed by atoms with Gasteiger partial charge in [0.15, 0.2) is 23.2 Å². The van der Waals surface area contributed by atoms with E-state index in [4.69, 9.17) is 21.5 Å². The molecule has 226 valence electrons. The van der Waals surface area contributed by atoms with Crippen LogP contribution < -0.4 is 0 Å². The number of nitrogens with zero attached hydrogens (tertiary/aromatic N) is 5. The average Bonchev–Trinajstić information content (AvgIpc) is 3.59. The lowest BCUT2D eigenvalue weighted by molar-refractivity contribution is 0.660. The third-order valence-electron chi connectivity index (χ3n) is 9.66. The number of aromatic nitrogens is 4. The molecule has 9 rings (SSSR count). The summed E-state index contributed by atoms with van der Waals surface area (Å²) in [4.78, 5) is 18.6. The van der Waals surface area contributed by atoms with E-state index in [1.165, 1.54) is 22.3 Å². The lowest BCUT2D eigenvalue weighted by atomic mass is 9.82. The third-order valence-corrected chi connectivity index (χ3v) is 9.66. The molecule has 0 unspecified atom stereocenters. The van der Waals surface area contributed by atoms with Crippen LogP contribution in [0.2, 0.25) is 0 Å². The molecular weight excluding hydrogens is 587 g/mol. The van der Waals surface area contributed by atoms with Crippen LogP contribution in [0, 0.1) is 6.57 Å². The highest BCUT2D eigenvalue weighted by Gasteiger charge is 2.35. The summed E-state index contributed by atoms with van der Waals surface area (Å²) in [5.74, 6) is 1.85. The summed E-state index contributed by atoms with van der Waals surface area (Å²) < 4.78 is 2.32. The predicted octanol–water partition coefficient (Wildman–Crippen LogP) is 10.8. The van der Waals surface area contributed by atoms with Crippen LogP contribution in [0.5, 0.6) is 0 Å². The normalized spacial score (nSPS) is 12.9. The van der Waals surface area contributed by atoms with Crippen LogP contribution in [0.3, 0.4) is 0 Å². The van der Waals surface area contributed by atoms with Gasteiger partial charge in [0.25, 0.3) is 0 Å². The highest BCUT2D eigenvalue weighted by molar-refractivity contribution is 6.11. The Morgan fingerprint density at radius 1 is 0.521 bits per heavy atom. The molecule has 1 aliphatic carbocycles. The molecule has 0 amide bonds. The standard InChI is InChI=1S/C43H29N5/c1-43(2)36-17-11-10-16-32(36)33-21-20-31(26-37(33)43)48-38-22-18-29(24-34(38)35-25-30(44-3)19-23-39(35)48)42-46-40(27-12-6-4-7-13-27)45-41(47-42)28-14-8-5-9-15-28/h4-26H,1-2H3.